The first-order valence-electron chi connectivity index (χ1n) is 6.64. The van der Waals surface area contributed by atoms with Gasteiger partial charge in [0.1, 0.15) is 5.82 Å². The summed E-state index contributed by atoms with van der Waals surface area (Å²) < 4.78 is 45.3. The van der Waals surface area contributed by atoms with E-state index < -0.39 is 12.1 Å². The normalized spacial score (nSPS) is 24.0. The van der Waals surface area contributed by atoms with Gasteiger partial charge in [-0.25, -0.2) is 0 Å². The van der Waals surface area contributed by atoms with E-state index in [1.54, 1.807) is 7.11 Å². The molecule has 0 atom stereocenters. The van der Waals surface area contributed by atoms with Gasteiger partial charge in [-0.1, -0.05) is 0 Å². The molecule has 0 unspecified atom stereocenters. The number of ether oxygens (including phenoxy) is 1. The fraction of sp³-hybridized carbons (Fsp3) is 0.833. The third-order valence-electron chi connectivity index (χ3n) is 3.86. The van der Waals surface area contributed by atoms with E-state index in [0.29, 0.717) is 30.8 Å². The van der Waals surface area contributed by atoms with E-state index in [-0.39, 0.29) is 18.8 Å². The van der Waals surface area contributed by atoms with Crippen LogP contribution in [0, 0.1) is 10.7 Å². The highest BCUT2D eigenvalue weighted by molar-refractivity contribution is 7.71. The summed E-state index contributed by atoms with van der Waals surface area (Å²) >= 11 is 5.15. The van der Waals surface area contributed by atoms with Gasteiger partial charge in [-0.2, -0.15) is 18.3 Å². The molecule has 0 amide bonds. The first-order chi connectivity index (χ1) is 9.43. The van der Waals surface area contributed by atoms with Gasteiger partial charge in [0.15, 0.2) is 4.77 Å². The molecule has 1 aliphatic rings. The molecule has 1 aromatic heterocycles. The maximum absolute atomic E-state index is 12.7. The van der Waals surface area contributed by atoms with Gasteiger partial charge >= 0.3 is 6.18 Å². The lowest BCUT2D eigenvalue weighted by atomic mass is 9.81. The zero-order valence-corrected chi connectivity index (χ0v) is 12.1. The van der Waals surface area contributed by atoms with Crippen LogP contribution in [0.25, 0.3) is 0 Å². The summed E-state index contributed by atoms with van der Waals surface area (Å²) in [7, 11) is 1.60. The zero-order chi connectivity index (χ0) is 14.8. The number of hydrogen-bond acceptors (Lipinski definition) is 3. The third kappa shape index (κ3) is 3.41. The molecule has 0 spiro atoms. The molecule has 114 valence electrons. The fourth-order valence-electron chi connectivity index (χ4n) is 2.72. The van der Waals surface area contributed by atoms with Crippen molar-refractivity contribution in [2.24, 2.45) is 5.92 Å². The average Bonchev–Trinajstić information content (AvgIpc) is 2.77. The van der Waals surface area contributed by atoms with Crippen LogP contribution in [0.1, 0.15) is 37.4 Å². The second kappa shape index (κ2) is 6.26. The molecule has 1 fully saturated rings. The Labute approximate surface area is 120 Å². The molecule has 1 aromatic rings. The van der Waals surface area contributed by atoms with Crippen LogP contribution in [0.2, 0.25) is 0 Å². The predicted octanol–water partition coefficient (Wildman–Crippen LogP) is 3.42. The van der Waals surface area contributed by atoms with Crippen molar-refractivity contribution < 1.29 is 17.9 Å². The van der Waals surface area contributed by atoms with Gasteiger partial charge in [0.05, 0.1) is 12.5 Å². The summed E-state index contributed by atoms with van der Waals surface area (Å²) in [6.45, 7) is 1.07. The van der Waals surface area contributed by atoms with Crippen LogP contribution in [0.3, 0.4) is 0 Å². The molecular weight excluding hydrogens is 291 g/mol. The second-order valence-electron chi connectivity index (χ2n) is 5.12. The lowest BCUT2D eigenvalue weighted by molar-refractivity contribution is -0.182. The quantitative estimate of drug-likeness (QED) is 0.867. The van der Waals surface area contributed by atoms with Gasteiger partial charge in [-0.3, -0.25) is 5.10 Å². The van der Waals surface area contributed by atoms with Crippen molar-refractivity contribution in [3.63, 3.8) is 0 Å². The van der Waals surface area contributed by atoms with Crippen LogP contribution >= 0.6 is 12.2 Å². The number of hydrogen-bond donors (Lipinski definition) is 1. The number of H-pyrrole nitrogens is 1. The molecule has 2 rings (SSSR count). The minimum Gasteiger partial charge on any atom is -0.383 e. The molecule has 1 saturated carbocycles. The molecular formula is C12H18F3N3OS. The molecule has 0 saturated heterocycles. The monoisotopic (exact) mass is 309 g/mol. The van der Waals surface area contributed by atoms with E-state index >= 15 is 0 Å². The van der Waals surface area contributed by atoms with Gasteiger partial charge in [0, 0.05) is 19.6 Å². The number of aromatic amines is 1. The maximum Gasteiger partial charge on any atom is 0.391 e. The third-order valence-corrected chi connectivity index (χ3v) is 4.17. The van der Waals surface area contributed by atoms with Crippen molar-refractivity contribution in [1.29, 1.82) is 0 Å². The van der Waals surface area contributed by atoms with Crippen LogP contribution in [0.15, 0.2) is 0 Å². The lowest BCUT2D eigenvalue weighted by Crippen LogP contribution is -2.28. The number of rotatable bonds is 4. The Hall–Kier alpha value is -0.890. The van der Waals surface area contributed by atoms with E-state index in [1.165, 1.54) is 0 Å². The topological polar surface area (TPSA) is 42.8 Å². The van der Waals surface area contributed by atoms with Crippen molar-refractivity contribution in [3.05, 3.63) is 10.6 Å². The van der Waals surface area contributed by atoms with Gasteiger partial charge < -0.3 is 9.30 Å². The Kier molecular flexibility index (Phi) is 4.85. The maximum atomic E-state index is 12.7. The Balaban J connectivity index is 2.05. The van der Waals surface area contributed by atoms with Gasteiger partial charge in [0.25, 0.3) is 0 Å². The van der Waals surface area contributed by atoms with Crippen molar-refractivity contribution in [2.45, 2.75) is 44.3 Å². The fourth-order valence-corrected chi connectivity index (χ4v) is 2.95. The number of alkyl halides is 3. The number of aromatic nitrogens is 3. The zero-order valence-electron chi connectivity index (χ0n) is 11.2. The molecule has 1 heterocycles. The van der Waals surface area contributed by atoms with E-state index in [1.807, 2.05) is 4.57 Å². The molecule has 0 aliphatic heterocycles. The number of nitrogens with zero attached hydrogens (tertiary/aromatic N) is 2. The number of nitrogens with one attached hydrogen (secondary N) is 1. The molecule has 0 radical (unpaired) electrons. The molecule has 1 aliphatic carbocycles. The molecule has 8 heteroatoms. The van der Waals surface area contributed by atoms with Gasteiger partial charge in [-0.05, 0) is 37.9 Å². The number of halogens is 3. The first kappa shape index (κ1) is 15.5. The van der Waals surface area contributed by atoms with Crippen LogP contribution in [0.5, 0.6) is 0 Å². The standard InChI is InChI=1S/C12H18F3N3OS/c1-19-7-6-18-10(16-17-11(18)20)8-2-4-9(5-3-8)12(13,14)15/h8-9H,2-7H2,1H3,(H,17,20). The second-order valence-corrected chi connectivity index (χ2v) is 5.51. The predicted molar refractivity (Wildman–Crippen MR) is 70.0 cm³/mol. The Morgan fingerprint density at radius 1 is 1.35 bits per heavy atom. The van der Waals surface area contributed by atoms with Crippen LogP contribution < -0.4 is 0 Å². The highest BCUT2D eigenvalue weighted by atomic mass is 32.1. The summed E-state index contributed by atoms with van der Waals surface area (Å²) in [5.74, 6) is -0.376. The summed E-state index contributed by atoms with van der Waals surface area (Å²) in [5.41, 5.74) is 0. The Bertz CT molecular complexity index is 489. The van der Waals surface area contributed by atoms with E-state index in [4.69, 9.17) is 17.0 Å². The largest absolute Gasteiger partial charge is 0.391 e. The highest BCUT2D eigenvalue weighted by Crippen LogP contribution is 2.42. The van der Waals surface area contributed by atoms with Crippen LogP contribution in [-0.2, 0) is 11.3 Å². The van der Waals surface area contributed by atoms with Gasteiger partial charge in [0.2, 0.25) is 0 Å². The van der Waals surface area contributed by atoms with Crippen LogP contribution in [-0.4, -0.2) is 34.7 Å². The summed E-state index contributed by atoms with van der Waals surface area (Å²) in [6, 6.07) is 0. The minimum absolute atomic E-state index is 0.0402. The first-order valence-corrected chi connectivity index (χ1v) is 7.05. The molecule has 20 heavy (non-hydrogen) atoms. The molecule has 0 bridgehead atoms. The minimum atomic E-state index is -4.08. The smallest absolute Gasteiger partial charge is 0.383 e. The summed E-state index contributed by atoms with van der Waals surface area (Å²) in [5, 5.41) is 6.91. The molecule has 4 nitrogen and oxygen atoms in total. The van der Waals surface area contributed by atoms with Crippen molar-refractivity contribution in [1.82, 2.24) is 14.8 Å². The van der Waals surface area contributed by atoms with Crippen LogP contribution in [0.4, 0.5) is 13.2 Å². The number of methoxy groups -OCH3 is 1. The molecule has 0 aromatic carbocycles. The highest BCUT2D eigenvalue weighted by Gasteiger charge is 2.42. The van der Waals surface area contributed by atoms with Crippen molar-refractivity contribution in [2.75, 3.05) is 13.7 Å². The Morgan fingerprint density at radius 3 is 2.55 bits per heavy atom. The summed E-state index contributed by atoms with van der Waals surface area (Å²) in [6.07, 6.45) is -2.75. The van der Waals surface area contributed by atoms with E-state index in [2.05, 4.69) is 10.2 Å². The molecule has 1 N–H and O–H groups in total. The lowest BCUT2D eigenvalue weighted by Gasteiger charge is -2.29. The SMILES string of the molecule is COCCn1c(C2CCC(C(F)(F)F)CC2)n[nH]c1=S. The average molecular weight is 309 g/mol. The van der Waals surface area contributed by atoms with E-state index in [9.17, 15) is 13.2 Å². The van der Waals surface area contributed by atoms with Crippen molar-refractivity contribution in [3.8, 4) is 0 Å². The van der Waals surface area contributed by atoms with Crippen molar-refractivity contribution >= 4 is 12.2 Å². The van der Waals surface area contributed by atoms with Gasteiger partial charge in [-0.15, -0.1) is 0 Å². The Morgan fingerprint density at radius 2 is 2.00 bits per heavy atom. The van der Waals surface area contributed by atoms with E-state index in [0.717, 1.165) is 5.82 Å². The summed E-state index contributed by atoms with van der Waals surface area (Å²) in [4.78, 5) is 0.